The van der Waals surface area contributed by atoms with Crippen molar-refractivity contribution in [3.63, 3.8) is 0 Å². The molecule has 2 aromatic heterocycles. The molecule has 0 bridgehead atoms. The number of pyridine rings is 1. The number of aliphatic hydroxyl groups is 1. The highest BCUT2D eigenvalue weighted by atomic mass is 16.5. The van der Waals surface area contributed by atoms with Gasteiger partial charge in [-0.1, -0.05) is 0 Å². The zero-order chi connectivity index (χ0) is 23.4. The van der Waals surface area contributed by atoms with Gasteiger partial charge < -0.3 is 20.1 Å². The number of anilines is 1. The van der Waals surface area contributed by atoms with Gasteiger partial charge in [-0.2, -0.15) is 0 Å². The second-order valence-electron chi connectivity index (χ2n) is 9.27. The molecule has 1 aliphatic heterocycles. The number of nitrogens with one attached hydrogen (secondary N) is 1. The van der Waals surface area contributed by atoms with E-state index in [4.69, 9.17) is 9.84 Å². The summed E-state index contributed by atoms with van der Waals surface area (Å²) in [4.78, 5) is 11.0. The first-order chi connectivity index (χ1) is 16.0. The molecule has 8 nitrogen and oxygen atoms in total. The molecule has 1 saturated heterocycles. The Morgan fingerprint density at radius 2 is 1.94 bits per heavy atom. The van der Waals surface area contributed by atoms with E-state index < -0.39 is 0 Å². The molecule has 3 heterocycles. The van der Waals surface area contributed by atoms with Gasteiger partial charge in [-0.05, 0) is 76.9 Å². The van der Waals surface area contributed by atoms with Crippen LogP contribution >= 0.6 is 0 Å². The van der Waals surface area contributed by atoms with Gasteiger partial charge >= 0.3 is 0 Å². The Hall–Kier alpha value is -2.71. The number of aliphatic imine (C=N–C) groups is 1. The Labute approximate surface area is 196 Å². The third kappa shape index (κ3) is 5.45. The molecule has 1 saturated carbocycles. The van der Waals surface area contributed by atoms with Crippen molar-refractivity contribution < 1.29 is 9.84 Å². The molecule has 2 aromatic rings. The van der Waals surface area contributed by atoms with Crippen LogP contribution in [0.5, 0.6) is 0 Å². The monoisotopic (exact) mass is 452 g/mol. The molecular weight excluding hydrogens is 416 g/mol. The lowest BCUT2D eigenvalue weighted by atomic mass is 9.85. The summed E-state index contributed by atoms with van der Waals surface area (Å²) in [7, 11) is 0. The average Bonchev–Trinajstić information content (AvgIpc) is 3.15. The summed E-state index contributed by atoms with van der Waals surface area (Å²) < 4.78 is 7.52. The molecule has 2 fully saturated rings. The number of morpholine rings is 1. The van der Waals surface area contributed by atoms with E-state index in [1.54, 1.807) is 0 Å². The van der Waals surface area contributed by atoms with Gasteiger partial charge in [0.2, 0.25) is 5.96 Å². The van der Waals surface area contributed by atoms with E-state index in [-0.39, 0.29) is 12.1 Å². The van der Waals surface area contributed by atoms with Crippen LogP contribution < -0.4 is 10.2 Å². The molecule has 8 heteroatoms. The predicted molar refractivity (Wildman–Crippen MR) is 133 cm³/mol. The van der Waals surface area contributed by atoms with E-state index in [0.717, 1.165) is 80.3 Å². The minimum atomic E-state index is -0.196. The third-order valence-electron chi connectivity index (χ3n) is 6.51. The lowest BCUT2D eigenvalue weighted by molar-refractivity contribution is 0.121. The molecule has 2 N–H and O–H groups in total. The number of rotatable bonds is 5. The number of hydrogen-bond donors (Lipinski definition) is 2. The highest BCUT2D eigenvalue weighted by Crippen LogP contribution is 2.38. The summed E-state index contributed by atoms with van der Waals surface area (Å²) in [6, 6.07) is 6.69. The van der Waals surface area contributed by atoms with Gasteiger partial charge in [0.15, 0.2) is 0 Å². The highest BCUT2D eigenvalue weighted by Gasteiger charge is 2.26. The van der Waals surface area contributed by atoms with Crippen LogP contribution in [0.3, 0.4) is 0 Å². The zero-order valence-corrected chi connectivity index (χ0v) is 20.0. The highest BCUT2D eigenvalue weighted by molar-refractivity contribution is 5.84. The van der Waals surface area contributed by atoms with E-state index in [2.05, 4.69) is 65.9 Å². The molecule has 0 amide bonds. The van der Waals surface area contributed by atoms with Crippen molar-refractivity contribution >= 4 is 18.5 Å². The smallest absolute Gasteiger partial charge is 0.240 e. The van der Waals surface area contributed by atoms with E-state index in [0.29, 0.717) is 11.9 Å². The molecule has 0 aromatic carbocycles. The fourth-order valence-electron chi connectivity index (χ4n) is 4.72. The number of nitrogens with zero attached hydrogens (tertiary/aromatic N) is 5. The molecule has 1 aliphatic carbocycles. The van der Waals surface area contributed by atoms with Crippen molar-refractivity contribution in [2.24, 2.45) is 10.1 Å². The average molecular weight is 453 g/mol. The van der Waals surface area contributed by atoms with Gasteiger partial charge in [-0.3, -0.25) is 0 Å². The summed E-state index contributed by atoms with van der Waals surface area (Å²) in [6.07, 6.45) is 5.22. The molecule has 4 rings (SSSR count). The topological polar surface area (TPSA) is 87.3 Å². The summed E-state index contributed by atoms with van der Waals surface area (Å²) in [5.41, 5.74) is 4.48. The van der Waals surface area contributed by atoms with Gasteiger partial charge in [0.1, 0.15) is 5.82 Å². The zero-order valence-electron chi connectivity index (χ0n) is 20.0. The summed E-state index contributed by atoms with van der Waals surface area (Å²) in [5.74, 6) is 1.83. The lowest BCUT2D eigenvalue weighted by Crippen LogP contribution is -2.36. The van der Waals surface area contributed by atoms with E-state index in [1.807, 2.05) is 10.9 Å². The van der Waals surface area contributed by atoms with Crippen LogP contribution in [-0.4, -0.2) is 65.9 Å². The molecule has 33 heavy (non-hydrogen) atoms. The van der Waals surface area contributed by atoms with Crippen LogP contribution in [0.4, 0.5) is 5.82 Å². The second-order valence-corrected chi connectivity index (χ2v) is 9.27. The number of aromatic nitrogens is 2. The number of guanidine groups is 1. The maximum Gasteiger partial charge on any atom is 0.240 e. The first-order valence-electron chi connectivity index (χ1n) is 12.0. The number of aliphatic hydroxyl groups excluding tert-OH is 1. The van der Waals surface area contributed by atoms with Crippen LogP contribution in [-0.2, 0) is 4.74 Å². The Balaban J connectivity index is 1.75. The minimum Gasteiger partial charge on any atom is -0.393 e. The van der Waals surface area contributed by atoms with Crippen molar-refractivity contribution in [2.45, 2.75) is 64.5 Å². The van der Waals surface area contributed by atoms with Crippen molar-refractivity contribution in [3.05, 3.63) is 35.8 Å². The van der Waals surface area contributed by atoms with Gasteiger partial charge in [0.25, 0.3) is 0 Å². The number of ether oxygens (including phenoxy) is 1. The molecular formula is C25H36N6O2. The maximum atomic E-state index is 10.0. The summed E-state index contributed by atoms with van der Waals surface area (Å²) in [5, 5.41) is 18.2. The minimum absolute atomic E-state index is 0.196. The van der Waals surface area contributed by atoms with E-state index >= 15 is 0 Å². The van der Waals surface area contributed by atoms with Gasteiger partial charge in [0, 0.05) is 48.2 Å². The number of hydrogen-bond acceptors (Lipinski definition) is 5. The molecule has 178 valence electrons. The van der Waals surface area contributed by atoms with Crippen LogP contribution in [0.1, 0.15) is 56.8 Å². The summed E-state index contributed by atoms with van der Waals surface area (Å²) in [6.45, 7) is 13.1. The first kappa shape index (κ1) is 23.4. The Kier molecular flexibility index (Phi) is 7.45. The van der Waals surface area contributed by atoms with Crippen LogP contribution in [0.15, 0.2) is 34.5 Å². The first-order valence-corrected chi connectivity index (χ1v) is 12.0. The van der Waals surface area contributed by atoms with Gasteiger partial charge in [0.05, 0.1) is 19.3 Å². The summed E-state index contributed by atoms with van der Waals surface area (Å²) >= 11 is 0. The van der Waals surface area contributed by atoms with Gasteiger partial charge in [-0.15, -0.1) is 5.10 Å². The normalized spacial score (nSPS) is 22.0. The van der Waals surface area contributed by atoms with Crippen molar-refractivity contribution in [1.29, 1.82) is 0 Å². The van der Waals surface area contributed by atoms with Crippen LogP contribution in [0.25, 0.3) is 11.1 Å². The fourth-order valence-corrected chi connectivity index (χ4v) is 4.72. The molecule has 0 spiro atoms. The van der Waals surface area contributed by atoms with Gasteiger partial charge in [-0.25, -0.2) is 14.7 Å². The predicted octanol–water partition coefficient (Wildman–Crippen LogP) is 3.53. The maximum absolute atomic E-state index is 10.0. The third-order valence-corrected chi connectivity index (χ3v) is 6.51. The van der Waals surface area contributed by atoms with Crippen molar-refractivity contribution in [3.8, 4) is 11.1 Å². The Morgan fingerprint density at radius 3 is 2.61 bits per heavy atom. The SMILES string of the molecule is C=N/C(=N\n1c(C)c(-c2ccnc(N3CCOCC3)c2)cc1[C@H]1CC[C@H](O)CC1)NC(C)C. The Morgan fingerprint density at radius 1 is 1.21 bits per heavy atom. The fraction of sp³-hybridized carbons (Fsp3) is 0.560. The largest absolute Gasteiger partial charge is 0.393 e. The van der Waals surface area contributed by atoms with Crippen molar-refractivity contribution in [2.75, 3.05) is 31.2 Å². The van der Waals surface area contributed by atoms with Crippen LogP contribution in [0, 0.1) is 6.92 Å². The lowest BCUT2D eigenvalue weighted by Gasteiger charge is -2.28. The Bertz CT molecular complexity index is 985. The van der Waals surface area contributed by atoms with Crippen LogP contribution in [0.2, 0.25) is 0 Å². The molecule has 0 atom stereocenters. The molecule has 0 radical (unpaired) electrons. The van der Waals surface area contributed by atoms with E-state index in [9.17, 15) is 5.11 Å². The molecule has 2 aliphatic rings. The standard InChI is InChI=1S/C25H36N6O2/c1-17(2)28-25(26-4)29-31-18(3)22(16-23(31)19-5-7-21(32)8-6-19)20-9-10-27-24(15-20)30-11-13-33-14-12-30/h9-10,15-17,19,21,32H,4-8,11-14H2,1-3H3,(H,28,29)/t19-,21-. The van der Waals surface area contributed by atoms with Crippen molar-refractivity contribution in [1.82, 2.24) is 15.0 Å². The molecule has 0 unspecified atom stereocenters. The second kappa shape index (κ2) is 10.5. The van der Waals surface area contributed by atoms with E-state index in [1.165, 1.54) is 0 Å². The quantitative estimate of drug-likeness (QED) is 0.535.